The first kappa shape index (κ1) is 4.34. The SMILES string of the molecule is [C-]#[N+]C1[C@H]2CNC[C@@H]12. The first-order valence-corrected chi connectivity index (χ1v) is 3.01. The molecule has 3 atom stereocenters. The molecule has 2 heteroatoms. The lowest BCUT2D eigenvalue weighted by Gasteiger charge is -1.90. The molecule has 1 aliphatic heterocycles. The van der Waals surface area contributed by atoms with E-state index >= 15 is 0 Å². The molecule has 1 heterocycles. The molecule has 0 aromatic rings. The zero-order valence-electron chi connectivity index (χ0n) is 4.59. The second-order valence-corrected chi connectivity index (χ2v) is 2.61. The van der Waals surface area contributed by atoms with Gasteiger partial charge in [0.15, 0.2) is 0 Å². The average molecular weight is 108 g/mol. The fourth-order valence-electron chi connectivity index (χ4n) is 1.58. The van der Waals surface area contributed by atoms with Crippen molar-refractivity contribution in [2.24, 2.45) is 11.8 Å². The van der Waals surface area contributed by atoms with Crippen molar-refractivity contribution in [3.63, 3.8) is 0 Å². The monoisotopic (exact) mass is 108 g/mol. The molecule has 1 N–H and O–H groups in total. The number of nitrogens with one attached hydrogen (secondary N) is 1. The van der Waals surface area contributed by atoms with Crippen LogP contribution in [-0.4, -0.2) is 19.1 Å². The lowest BCUT2D eigenvalue weighted by molar-refractivity contribution is 0.713. The topological polar surface area (TPSA) is 16.4 Å². The van der Waals surface area contributed by atoms with Gasteiger partial charge < -0.3 is 10.2 Å². The van der Waals surface area contributed by atoms with Crippen molar-refractivity contribution in [1.82, 2.24) is 5.32 Å². The molecule has 0 spiro atoms. The molecular formula is C6H8N2. The Bertz CT molecular complexity index is 137. The van der Waals surface area contributed by atoms with Crippen LogP contribution in [0.4, 0.5) is 0 Å². The lowest BCUT2D eigenvalue weighted by atomic mass is 10.4. The Hall–Kier alpha value is -0.550. The first-order chi connectivity index (χ1) is 3.93. The van der Waals surface area contributed by atoms with Crippen LogP contribution in [0.1, 0.15) is 0 Å². The summed E-state index contributed by atoms with van der Waals surface area (Å²) < 4.78 is 0. The van der Waals surface area contributed by atoms with E-state index in [9.17, 15) is 0 Å². The van der Waals surface area contributed by atoms with Crippen molar-refractivity contribution in [1.29, 1.82) is 0 Å². The third kappa shape index (κ3) is 0.354. The predicted octanol–water partition coefficient (Wildman–Crippen LogP) is 0.123. The van der Waals surface area contributed by atoms with Crippen LogP contribution >= 0.6 is 0 Å². The molecule has 42 valence electrons. The van der Waals surface area contributed by atoms with E-state index in [4.69, 9.17) is 6.57 Å². The van der Waals surface area contributed by atoms with Crippen LogP contribution in [0.25, 0.3) is 4.85 Å². The minimum Gasteiger partial charge on any atom is -0.316 e. The second-order valence-electron chi connectivity index (χ2n) is 2.61. The largest absolute Gasteiger partial charge is 0.316 e. The summed E-state index contributed by atoms with van der Waals surface area (Å²) in [4.78, 5) is 3.49. The van der Waals surface area contributed by atoms with Crippen molar-refractivity contribution in [3.8, 4) is 0 Å². The lowest BCUT2D eigenvalue weighted by Crippen LogP contribution is -2.15. The molecule has 1 unspecified atom stereocenters. The van der Waals surface area contributed by atoms with Crippen molar-refractivity contribution < 1.29 is 0 Å². The van der Waals surface area contributed by atoms with Crippen LogP contribution < -0.4 is 5.32 Å². The number of piperidine rings is 1. The summed E-state index contributed by atoms with van der Waals surface area (Å²) in [6, 6.07) is 0.399. The fourth-order valence-corrected chi connectivity index (χ4v) is 1.58. The first-order valence-electron chi connectivity index (χ1n) is 3.01. The Balaban J connectivity index is 2.06. The molecule has 2 nitrogen and oxygen atoms in total. The molecule has 1 aliphatic carbocycles. The van der Waals surface area contributed by atoms with Gasteiger partial charge in [-0.15, -0.1) is 0 Å². The highest BCUT2D eigenvalue weighted by atomic mass is 15.0. The van der Waals surface area contributed by atoms with E-state index in [0.29, 0.717) is 6.04 Å². The van der Waals surface area contributed by atoms with Crippen LogP contribution in [0.5, 0.6) is 0 Å². The highest BCUT2D eigenvalue weighted by Crippen LogP contribution is 2.44. The van der Waals surface area contributed by atoms with Crippen LogP contribution in [0, 0.1) is 18.4 Å². The van der Waals surface area contributed by atoms with E-state index in [2.05, 4.69) is 10.2 Å². The van der Waals surface area contributed by atoms with Gasteiger partial charge in [0.1, 0.15) is 0 Å². The van der Waals surface area contributed by atoms with Gasteiger partial charge >= 0.3 is 0 Å². The molecule has 1 saturated carbocycles. The average Bonchev–Trinajstić information content (AvgIpc) is 2.22. The Kier molecular flexibility index (Phi) is 0.671. The summed E-state index contributed by atoms with van der Waals surface area (Å²) in [5.74, 6) is 1.46. The van der Waals surface area contributed by atoms with Crippen LogP contribution in [0.15, 0.2) is 0 Å². The Labute approximate surface area is 48.7 Å². The van der Waals surface area contributed by atoms with Gasteiger partial charge in [0.2, 0.25) is 6.04 Å². The van der Waals surface area contributed by atoms with Gasteiger partial charge in [0, 0.05) is 13.1 Å². The summed E-state index contributed by atoms with van der Waals surface area (Å²) in [6.07, 6.45) is 0. The summed E-state index contributed by atoms with van der Waals surface area (Å²) >= 11 is 0. The van der Waals surface area contributed by atoms with E-state index in [1.165, 1.54) is 0 Å². The molecule has 2 fully saturated rings. The highest BCUT2D eigenvalue weighted by Gasteiger charge is 2.59. The molecule has 2 aliphatic rings. The Morgan fingerprint density at radius 3 is 2.38 bits per heavy atom. The predicted molar refractivity (Wildman–Crippen MR) is 30.2 cm³/mol. The molecule has 0 aromatic heterocycles. The number of fused-ring (bicyclic) bond motifs is 1. The van der Waals surface area contributed by atoms with E-state index in [1.807, 2.05) is 0 Å². The second kappa shape index (κ2) is 1.24. The van der Waals surface area contributed by atoms with Gasteiger partial charge in [-0.3, -0.25) is 0 Å². The molecule has 2 rings (SSSR count). The van der Waals surface area contributed by atoms with Gasteiger partial charge in [0.25, 0.3) is 0 Å². The Morgan fingerprint density at radius 1 is 1.38 bits per heavy atom. The molecule has 1 saturated heterocycles. The maximum absolute atomic E-state index is 6.72. The molecule has 8 heavy (non-hydrogen) atoms. The summed E-state index contributed by atoms with van der Waals surface area (Å²) in [7, 11) is 0. The third-order valence-corrected chi connectivity index (χ3v) is 2.20. The summed E-state index contributed by atoms with van der Waals surface area (Å²) in [6.45, 7) is 8.91. The van der Waals surface area contributed by atoms with Crippen LogP contribution in [0.2, 0.25) is 0 Å². The van der Waals surface area contributed by atoms with Gasteiger partial charge in [-0.25, -0.2) is 6.57 Å². The minimum atomic E-state index is 0.399. The van der Waals surface area contributed by atoms with E-state index in [1.54, 1.807) is 0 Å². The van der Waals surface area contributed by atoms with Gasteiger partial charge in [-0.1, -0.05) is 0 Å². The van der Waals surface area contributed by atoms with Crippen molar-refractivity contribution in [2.75, 3.05) is 13.1 Å². The quantitative estimate of drug-likeness (QED) is 0.436. The minimum absolute atomic E-state index is 0.399. The molecular weight excluding hydrogens is 100 g/mol. The highest BCUT2D eigenvalue weighted by molar-refractivity contribution is 5.14. The summed E-state index contributed by atoms with van der Waals surface area (Å²) in [5.41, 5.74) is 0. The van der Waals surface area contributed by atoms with Crippen molar-refractivity contribution >= 4 is 0 Å². The van der Waals surface area contributed by atoms with Crippen molar-refractivity contribution in [3.05, 3.63) is 11.4 Å². The zero-order valence-corrected chi connectivity index (χ0v) is 4.59. The van der Waals surface area contributed by atoms with Gasteiger partial charge in [0.05, 0.1) is 11.8 Å². The molecule has 0 radical (unpaired) electrons. The Morgan fingerprint density at radius 2 is 2.00 bits per heavy atom. The van der Waals surface area contributed by atoms with Crippen LogP contribution in [-0.2, 0) is 0 Å². The number of nitrogens with zero attached hydrogens (tertiary/aromatic N) is 1. The smallest absolute Gasteiger partial charge is 0.232 e. The molecule has 0 aromatic carbocycles. The maximum Gasteiger partial charge on any atom is 0.232 e. The summed E-state index contributed by atoms with van der Waals surface area (Å²) in [5, 5.41) is 3.24. The number of hydrogen-bond acceptors (Lipinski definition) is 1. The fraction of sp³-hybridized carbons (Fsp3) is 0.833. The van der Waals surface area contributed by atoms with Gasteiger partial charge in [-0.05, 0) is 0 Å². The number of hydrogen-bond donors (Lipinski definition) is 1. The molecule has 0 bridgehead atoms. The zero-order chi connectivity index (χ0) is 5.56. The third-order valence-electron chi connectivity index (χ3n) is 2.20. The maximum atomic E-state index is 6.72. The van der Waals surface area contributed by atoms with Crippen LogP contribution in [0.3, 0.4) is 0 Å². The molecule has 0 amide bonds. The van der Waals surface area contributed by atoms with Crippen molar-refractivity contribution in [2.45, 2.75) is 6.04 Å². The standard InChI is InChI=1S/C6H8N2/c1-7-6-4-2-8-3-5(4)6/h4-6,8H,2-3H2/t4-,5+,6?. The normalized spacial score (nSPS) is 50.1. The van der Waals surface area contributed by atoms with E-state index < -0.39 is 0 Å². The number of rotatable bonds is 0. The van der Waals surface area contributed by atoms with Gasteiger partial charge in [-0.2, -0.15) is 0 Å². The van der Waals surface area contributed by atoms with E-state index in [-0.39, 0.29) is 0 Å². The van der Waals surface area contributed by atoms with E-state index in [0.717, 1.165) is 24.9 Å².